The first kappa shape index (κ1) is 9.21. The van der Waals surface area contributed by atoms with Gasteiger partial charge in [-0.25, -0.2) is 4.79 Å². The van der Waals surface area contributed by atoms with E-state index in [1.54, 1.807) is 6.07 Å². The lowest BCUT2D eigenvalue weighted by molar-refractivity contribution is 0.0697. The number of aliphatic imine (C=N–C) groups is 1. The molecule has 14 heavy (non-hydrogen) atoms. The number of hydrogen-bond donors (Lipinski definition) is 1. The number of carboxylic acid groups (broad SMARTS) is 1. The minimum atomic E-state index is -0.964. The van der Waals surface area contributed by atoms with Gasteiger partial charge in [-0.05, 0) is 19.1 Å². The van der Waals surface area contributed by atoms with Crippen LogP contribution in [0.15, 0.2) is 17.1 Å². The van der Waals surface area contributed by atoms with Crippen LogP contribution in [0.5, 0.6) is 0 Å². The Morgan fingerprint density at radius 2 is 2.29 bits per heavy atom. The second kappa shape index (κ2) is 3.10. The summed E-state index contributed by atoms with van der Waals surface area (Å²) < 4.78 is 0. The largest absolute Gasteiger partial charge is 0.478 e. The molecule has 0 aromatic heterocycles. The second-order valence-corrected chi connectivity index (χ2v) is 3.60. The van der Waals surface area contributed by atoms with Crippen molar-refractivity contribution in [2.45, 2.75) is 13.5 Å². The van der Waals surface area contributed by atoms with Gasteiger partial charge < -0.3 is 5.11 Å². The van der Waals surface area contributed by atoms with E-state index < -0.39 is 5.97 Å². The summed E-state index contributed by atoms with van der Waals surface area (Å²) in [5, 5.41) is 9.31. The van der Waals surface area contributed by atoms with E-state index in [9.17, 15) is 4.79 Å². The maximum atomic E-state index is 10.8. The summed E-state index contributed by atoms with van der Waals surface area (Å²) in [5.74, 6) is -0.964. The molecule has 0 amide bonds. The van der Waals surface area contributed by atoms with Crippen LogP contribution in [-0.4, -0.2) is 16.8 Å². The van der Waals surface area contributed by atoms with Crippen molar-refractivity contribution in [2.24, 2.45) is 4.99 Å². The van der Waals surface area contributed by atoms with Gasteiger partial charge in [0, 0.05) is 21.9 Å². The third kappa shape index (κ3) is 1.30. The van der Waals surface area contributed by atoms with E-state index in [0.717, 1.165) is 16.8 Å². The minimum absolute atomic E-state index is 0.213. The molecule has 1 aliphatic heterocycles. The third-order valence-corrected chi connectivity index (χ3v) is 2.64. The van der Waals surface area contributed by atoms with E-state index in [0.29, 0.717) is 11.6 Å². The average Bonchev–Trinajstić information content (AvgIpc) is 2.48. The molecule has 0 aliphatic carbocycles. The number of fused-ring (bicyclic) bond motifs is 1. The van der Waals surface area contributed by atoms with Gasteiger partial charge in [0.05, 0.1) is 12.1 Å². The van der Waals surface area contributed by atoms with E-state index in [-0.39, 0.29) is 5.56 Å². The predicted octanol–water partition coefficient (Wildman–Crippen LogP) is 2.36. The molecule has 0 radical (unpaired) electrons. The molecule has 0 unspecified atom stereocenters. The van der Waals surface area contributed by atoms with Crippen LogP contribution in [-0.2, 0) is 6.54 Å². The third-order valence-electron chi connectivity index (χ3n) is 2.31. The number of hydrogen-bond acceptors (Lipinski definition) is 2. The zero-order valence-electron chi connectivity index (χ0n) is 7.54. The Bertz CT molecular complexity index is 452. The highest BCUT2D eigenvalue weighted by Gasteiger charge is 2.18. The molecule has 0 saturated heterocycles. The Morgan fingerprint density at radius 1 is 1.57 bits per heavy atom. The number of rotatable bonds is 1. The van der Waals surface area contributed by atoms with Gasteiger partial charge >= 0.3 is 5.97 Å². The molecule has 1 N–H and O–H groups in total. The number of aromatic carboxylic acids is 1. The fraction of sp³-hybridized carbons (Fsp3) is 0.200. The van der Waals surface area contributed by atoms with Gasteiger partial charge in [-0.2, -0.15) is 0 Å². The standard InChI is InChI=1S/C10H8ClNO2/c1-5-7-2-6(10(13)14)3-9(11)8(7)4-12-5/h2-3H,4H2,1H3,(H,13,14). The Labute approximate surface area is 86.0 Å². The van der Waals surface area contributed by atoms with Crippen LogP contribution >= 0.6 is 11.6 Å². The van der Waals surface area contributed by atoms with Crippen LogP contribution in [0.1, 0.15) is 28.4 Å². The maximum absolute atomic E-state index is 10.8. The van der Waals surface area contributed by atoms with Crippen LogP contribution in [0.25, 0.3) is 0 Å². The van der Waals surface area contributed by atoms with Crippen LogP contribution < -0.4 is 0 Å². The summed E-state index contributed by atoms with van der Waals surface area (Å²) in [6.07, 6.45) is 0. The smallest absolute Gasteiger partial charge is 0.335 e. The molecule has 0 bridgehead atoms. The zero-order valence-corrected chi connectivity index (χ0v) is 8.30. The van der Waals surface area contributed by atoms with E-state index in [1.807, 2.05) is 6.92 Å². The monoisotopic (exact) mass is 209 g/mol. The first-order chi connectivity index (χ1) is 6.59. The van der Waals surface area contributed by atoms with Gasteiger partial charge in [0.25, 0.3) is 0 Å². The van der Waals surface area contributed by atoms with E-state index >= 15 is 0 Å². The Morgan fingerprint density at radius 3 is 2.93 bits per heavy atom. The first-order valence-corrected chi connectivity index (χ1v) is 4.54. The van der Waals surface area contributed by atoms with Crippen molar-refractivity contribution in [3.63, 3.8) is 0 Å². The van der Waals surface area contributed by atoms with Crippen molar-refractivity contribution < 1.29 is 9.90 Å². The lowest BCUT2D eigenvalue weighted by Gasteiger charge is -2.04. The lowest BCUT2D eigenvalue weighted by atomic mass is 10.0. The van der Waals surface area contributed by atoms with Crippen molar-refractivity contribution in [2.75, 3.05) is 0 Å². The molecule has 3 nitrogen and oxygen atoms in total. The minimum Gasteiger partial charge on any atom is -0.478 e. The van der Waals surface area contributed by atoms with E-state index in [4.69, 9.17) is 16.7 Å². The predicted molar refractivity (Wildman–Crippen MR) is 54.3 cm³/mol. The number of nitrogens with zero attached hydrogens (tertiary/aromatic N) is 1. The highest BCUT2D eigenvalue weighted by atomic mass is 35.5. The van der Waals surface area contributed by atoms with Crippen LogP contribution in [0.4, 0.5) is 0 Å². The average molecular weight is 210 g/mol. The molecule has 1 aliphatic rings. The summed E-state index contributed by atoms with van der Waals surface area (Å²) in [6.45, 7) is 2.41. The molecule has 1 aromatic carbocycles. The van der Waals surface area contributed by atoms with Gasteiger partial charge in [0.1, 0.15) is 0 Å². The Hall–Kier alpha value is -1.35. The molecular weight excluding hydrogens is 202 g/mol. The van der Waals surface area contributed by atoms with E-state index in [1.165, 1.54) is 6.07 Å². The van der Waals surface area contributed by atoms with Gasteiger partial charge in [0.15, 0.2) is 0 Å². The van der Waals surface area contributed by atoms with Crippen LogP contribution in [0.2, 0.25) is 5.02 Å². The molecule has 0 spiro atoms. The van der Waals surface area contributed by atoms with Gasteiger partial charge in [-0.3, -0.25) is 4.99 Å². The topological polar surface area (TPSA) is 49.7 Å². The molecule has 1 heterocycles. The van der Waals surface area contributed by atoms with Crippen molar-refractivity contribution in [1.29, 1.82) is 0 Å². The highest BCUT2D eigenvalue weighted by molar-refractivity contribution is 6.32. The van der Waals surface area contributed by atoms with Gasteiger partial charge in [0.2, 0.25) is 0 Å². The molecule has 1 aromatic rings. The first-order valence-electron chi connectivity index (χ1n) is 4.16. The van der Waals surface area contributed by atoms with Gasteiger partial charge in [-0.1, -0.05) is 11.6 Å². The normalized spacial score (nSPS) is 13.7. The van der Waals surface area contributed by atoms with Gasteiger partial charge in [-0.15, -0.1) is 0 Å². The summed E-state index contributed by atoms with van der Waals surface area (Å²) >= 11 is 5.95. The maximum Gasteiger partial charge on any atom is 0.335 e. The number of carboxylic acids is 1. The van der Waals surface area contributed by atoms with Crippen molar-refractivity contribution in [3.8, 4) is 0 Å². The van der Waals surface area contributed by atoms with Crippen LogP contribution in [0, 0.1) is 0 Å². The Balaban J connectivity index is 2.63. The fourth-order valence-corrected chi connectivity index (χ4v) is 1.81. The molecular formula is C10H8ClNO2. The van der Waals surface area contributed by atoms with Crippen molar-refractivity contribution in [3.05, 3.63) is 33.8 Å². The second-order valence-electron chi connectivity index (χ2n) is 3.19. The Kier molecular flexibility index (Phi) is 2.04. The summed E-state index contributed by atoms with van der Waals surface area (Å²) in [7, 11) is 0. The van der Waals surface area contributed by atoms with Crippen LogP contribution in [0.3, 0.4) is 0 Å². The summed E-state index contributed by atoms with van der Waals surface area (Å²) in [4.78, 5) is 15.0. The number of carbonyl (C=O) groups is 1. The molecule has 72 valence electrons. The zero-order chi connectivity index (χ0) is 10.3. The molecule has 2 rings (SSSR count). The summed E-state index contributed by atoms with van der Waals surface area (Å²) in [6, 6.07) is 3.09. The highest BCUT2D eigenvalue weighted by Crippen LogP contribution is 2.28. The molecule has 4 heteroatoms. The molecule has 0 saturated carbocycles. The SMILES string of the molecule is CC1=NCc2c(Cl)cc(C(=O)O)cc21. The fourth-order valence-electron chi connectivity index (χ4n) is 1.53. The summed E-state index contributed by atoms with van der Waals surface area (Å²) in [5.41, 5.74) is 2.85. The number of halogens is 1. The van der Waals surface area contributed by atoms with E-state index in [2.05, 4.69) is 4.99 Å². The number of benzene rings is 1. The van der Waals surface area contributed by atoms with Crippen molar-refractivity contribution >= 4 is 23.3 Å². The molecule has 0 fully saturated rings. The quantitative estimate of drug-likeness (QED) is 0.772. The molecule has 0 atom stereocenters. The van der Waals surface area contributed by atoms with Crippen molar-refractivity contribution in [1.82, 2.24) is 0 Å². The lowest BCUT2D eigenvalue weighted by Crippen LogP contribution is -2.01.